The van der Waals surface area contributed by atoms with Crippen LogP contribution in [0.2, 0.25) is 0 Å². The predicted octanol–water partition coefficient (Wildman–Crippen LogP) is 5.70. The third kappa shape index (κ3) is 3.58. The molecule has 2 aromatic carbocycles. The van der Waals surface area contributed by atoms with Crippen LogP contribution in [0, 0.1) is 6.92 Å². The molecule has 2 nitrogen and oxygen atoms in total. The molecule has 1 aliphatic rings. The first-order chi connectivity index (χ1) is 12.3. The zero-order valence-electron chi connectivity index (χ0n) is 14.8. The van der Waals surface area contributed by atoms with E-state index < -0.39 is 0 Å². The molecule has 126 valence electrons. The summed E-state index contributed by atoms with van der Waals surface area (Å²) in [5, 5.41) is 2.56. The molecule has 0 spiro atoms. The Bertz CT molecular complexity index is 900. The van der Waals surface area contributed by atoms with E-state index in [1.165, 1.54) is 41.3 Å². The number of piperidine rings is 1. The molecule has 0 amide bonds. The van der Waals surface area contributed by atoms with Crippen LogP contribution in [0.25, 0.3) is 22.9 Å². The molecule has 0 atom stereocenters. The molecule has 25 heavy (non-hydrogen) atoms. The Hall–Kier alpha value is -2.61. The number of benzene rings is 2. The Morgan fingerprint density at radius 3 is 2.56 bits per heavy atom. The quantitative estimate of drug-likeness (QED) is 0.613. The van der Waals surface area contributed by atoms with E-state index in [1.807, 2.05) is 0 Å². The Kier molecular flexibility index (Phi) is 4.51. The van der Waals surface area contributed by atoms with Crippen molar-refractivity contribution in [1.29, 1.82) is 0 Å². The average molecular weight is 328 g/mol. The van der Waals surface area contributed by atoms with Crippen molar-refractivity contribution in [2.45, 2.75) is 26.2 Å². The van der Waals surface area contributed by atoms with Crippen molar-refractivity contribution < 1.29 is 0 Å². The summed E-state index contributed by atoms with van der Waals surface area (Å²) >= 11 is 0. The maximum absolute atomic E-state index is 4.71. The maximum Gasteiger partial charge on any atom is 0.0653 e. The van der Waals surface area contributed by atoms with Crippen molar-refractivity contribution in [3.8, 4) is 0 Å². The van der Waals surface area contributed by atoms with Crippen LogP contribution >= 0.6 is 0 Å². The van der Waals surface area contributed by atoms with E-state index in [0.717, 1.165) is 24.5 Å². The van der Waals surface area contributed by atoms with Gasteiger partial charge >= 0.3 is 0 Å². The Morgan fingerprint density at radius 1 is 0.880 bits per heavy atom. The molecule has 0 N–H and O–H groups in total. The number of hydrogen-bond donors (Lipinski definition) is 0. The molecule has 1 aliphatic heterocycles. The molecule has 1 saturated heterocycles. The maximum atomic E-state index is 4.71. The summed E-state index contributed by atoms with van der Waals surface area (Å²) in [6.07, 6.45) is 8.27. The zero-order valence-corrected chi connectivity index (χ0v) is 14.8. The van der Waals surface area contributed by atoms with Gasteiger partial charge in [-0.05, 0) is 60.7 Å². The number of aryl methyl sites for hydroxylation is 1. The summed E-state index contributed by atoms with van der Waals surface area (Å²) in [7, 11) is 0. The van der Waals surface area contributed by atoms with Gasteiger partial charge in [0.15, 0.2) is 0 Å². The van der Waals surface area contributed by atoms with Crippen molar-refractivity contribution in [1.82, 2.24) is 4.98 Å². The first kappa shape index (κ1) is 15.9. The predicted molar refractivity (Wildman–Crippen MR) is 108 cm³/mol. The lowest BCUT2D eigenvalue weighted by atomic mass is 10.0. The Balaban J connectivity index is 1.65. The van der Waals surface area contributed by atoms with Crippen LogP contribution in [0.15, 0.2) is 54.6 Å². The minimum absolute atomic E-state index is 1.04. The first-order valence-electron chi connectivity index (χ1n) is 9.19. The number of hydrogen-bond acceptors (Lipinski definition) is 2. The van der Waals surface area contributed by atoms with Crippen LogP contribution in [0.4, 0.5) is 5.69 Å². The second-order valence-corrected chi connectivity index (χ2v) is 6.84. The van der Waals surface area contributed by atoms with Gasteiger partial charge in [-0.2, -0.15) is 0 Å². The minimum Gasteiger partial charge on any atom is -0.371 e. The van der Waals surface area contributed by atoms with Crippen LogP contribution in [0.3, 0.4) is 0 Å². The van der Waals surface area contributed by atoms with E-state index in [-0.39, 0.29) is 0 Å². The fourth-order valence-electron chi connectivity index (χ4n) is 3.67. The lowest BCUT2D eigenvalue weighted by molar-refractivity contribution is 0.577. The van der Waals surface area contributed by atoms with Gasteiger partial charge in [-0.25, -0.2) is 0 Å². The highest BCUT2D eigenvalue weighted by molar-refractivity contribution is 5.92. The van der Waals surface area contributed by atoms with E-state index >= 15 is 0 Å². The van der Waals surface area contributed by atoms with Gasteiger partial charge in [0.25, 0.3) is 0 Å². The van der Waals surface area contributed by atoms with E-state index in [2.05, 4.69) is 78.6 Å². The molecular weight excluding hydrogens is 304 g/mol. The van der Waals surface area contributed by atoms with Gasteiger partial charge in [-0.3, -0.25) is 4.98 Å². The molecule has 2 heterocycles. The van der Waals surface area contributed by atoms with Crippen LogP contribution in [0.5, 0.6) is 0 Å². The molecule has 1 aromatic heterocycles. The smallest absolute Gasteiger partial charge is 0.0653 e. The van der Waals surface area contributed by atoms with Gasteiger partial charge in [0, 0.05) is 24.5 Å². The summed E-state index contributed by atoms with van der Waals surface area (Å²) < 4.78 is 0. The van der Waals surface area contributed by atoms with Crippen molar-refractivity contribution in [2.24, 2.45) is 0 Å². The van der Waals surface area contributed by atoms with E-state index in [4.69, 9.17) is 4.98 Å². The third-order valence-corrected chi connectivity index (χ3v) is 4.94. The van der Waals surface area contributed by atoms with Gasteiger partial charge in [0.05, 0.1) is 5.69 Å². The fourth-order valence-corrected chi connectivity index (χ4v) is 3.67. The van der Waals surface area contributed by atoms with E-state index in [1.54, 1.807) is 0 Å². The van der Waals surface area contributed by atoms with Gasteiger partial charge in [-0.15, -0.1) is 0 Å². The number of anilines is 1. The SMILES string of the molecule is Cc1cc(N2CCCCC2)cc(/C=C\c2cccc3ccccc23)n1. The second-order valence-electron chi connectivity index (χ2n) is 6.84. The van der Waals surface area contributed by atoms with Gasteiger partial charge in [0.1, 0.15) is 0 Å². The highest BCUT2D eigenvalue weighted by Gasteiger charge is 2.11. The van der Waals surface area contributed by atoms with E-state index in [9.17, 15) is 0 Å². The normalized spacial score (nSPS) is 15.2. The number of nitrogens with zero attached hydrogens (tertiary/aromatic N) is 2. The molecule has 0 unspecified atom stereocenters. The average Bonchev–Trinajstić information content (AvgIpc) is 2.66. The fraction of sp³-hybridized carbons (Fsp3) is 0.261. The first-order valence-corrected chi connectivity index (χ1v) is 9.19. The van der Waals surface area contributed by atoms with Crippen molar-refractivity contribution in [3.05, 3.63) is 71.5 Å². The molecule has 1 fully saturated rings. The summed E-state index contributed by atoms with van der Waals surface area (Å²) in [5.41, 5.74) is 4.67. The largest absolute Gasteiger partial charge is 0.371 e. The van der Waals surface area contributed by atoms with Gasteiger partial charge < -0.3 is 4.90 Å². The number of aromatic nitrogens is 1. The summed E-state index contributed by atoms with van der Waals surface area (Å²) in [4.78, 5) is 7.20. The lowest BCUT2D eigenvalue weighted by Crippen LogP contribution is -2.29. The van der Waals surface area contributed by atoms with Crippen LogP contribution in [0.1, 0.15) is 36.2 Å². The van der Waals surface area contributed by atoms with Gasteiger partial charge in [0.2, 0.25) is 0 Å². The van der Waals surface area contributed by atoms with Crippen LogP contribution in [-0.2, 0) is 0 Å². The Labute approximate surface area is 149 Å². The molecule has 0 aliphatic carbocycles. The zero-order chi connectivity index (χ0) is 17.1. The Morgan fingerprint density at radius 2 is 1.68 bits per heavy atom. The molecule has 3 aromatic rings. The summed E-state index contributed by atoms with van der Waals surface area (Å²) in [5.74, 6) is 0. The topological polar surface area (TPSA) is 16.1 Å². The molecular formula is C23H24N2. The van der Waals surface area contributed by atoms with Crippen molar-refractivity contribution in [2.75, 3.05) is 18.0 Å². The number of fused-ring (bicyclic) bond motifs is 1. The van der Waals surface area contributed by atoms with Gasteiger partial charge in [-0.1, -0.05) is 48.5 Å². The second kappa shape index (κ2) is 7.10. The molecule has 4 rings (SSSR count). The van der Waals surface area contributed by atoms with Crippen molar-refractivity contribution in [3.63, 3.8) is 0 Å². The number of rotatable bonds is 3. The standard InChI is InChI=1S/C23H24N2/c1-18-16-22(25-14-5-2-6-15-25)17-21(24-18)13-12-20-10-7-9-19-8-3-4-11-23(19)20/h3-4,7-13,16-17H,2,5-6,14-15H2,1H3/b13-12-. The van der Waals surface area contributed by atoms with Crippen molar-refractivity contribution >= 4 is 28.6 Å². The molecule has 2 heteroatoms. The molecule has 0 radical (unpaired) electrons. The summed E-state index contributed by atoms with van der Waals surface area (Å²) in [6, 6.07) is 19.4. The highest BCUT2D eigenvalue weighted by atomic mass is 15.1. The lowest BCUT2D eigenvalue weighted by Gasteiger charge is -2.29. The highest BCUT2D eigenvalue weighted by Crippen LogP contribution is 2.24. The monoisotopic (exact) mass is 328 g/mol. The third-order valence-electron chi connectivity index (χ3n) is 4.94. The summed E-state index contributed by atoms with van der Waals surface area (Å²) in [6.45, 7) is 4.41. The minimum atomic E-state index is 1.04. The number of pyridine rings is 1. The molecule has 0 saturated carbocycles. The molecule has 0 bridgehead atoms. The van der Waals surface area contributed by atoms with E-state index in [0.29, 0.717) is 0 Å². The van der Waals surface area contributed by atoms with Crippen LogP contribution < -0.4 is 4.90 Å². The van der Waals surface area contributed by atoms with Crippen LogP contribution in [-0.4, -0.2) is 18.1 Å².